The van der Waals surface area contributed by atoms with Crippen LogP contribution in [0.5, 0.6) is 0 Å². The first-order valence-corrected chi connectivity index (χ1v) is 12.5. The quantitative estimate of drug-likeness (QED) is 0.365. The molecule has 0 aromatic heterocycles. The third kappa shape index (κ3) is 5.76. The van der Waals surface area contributed by atoms with E-state index in [1.807, 2.05) is 11.1 Å². The van der Waals surface area contributed by atoms with Gasteiger partial charge in [-0.1, -0.05) is 71.3 Å². The van der Waals surface area contributed by atoms with E-state index in [9.17, 15) is 0 Å². The van der Waals surface area contributed by atoms with Gasteiger partial charge >= 0.3 is 0 Å². The minimum atomic E-state index is 0.467. The summed E-state index contributed by atoms with van der Waals surface area (Å²) < 4.78 is 0. The van der Waals surface area contributed by atoms with E-state index >= 15 is 0 Å². The molecular formula is C28H48. The average Bonchev–Trinajstić information content (AvgIpc) is 3.11. The number of fused-ring (bicyclic) bond motifs is 1. The molecule has 1 saturated carbocycles. The van der Waals surface area contributed by atoms with Crippen molar-refractivity contribution in [1.29, 1.82) is 0 Å². The fourth-order valence-corrected chi connectivity index (χ4v) is 6.28. The zero-order valence-corrected chi connectivity index (χ0v) is 19.9. The molecule has 0 spiro atoms. The number of hydrogen-bond acceptors (Lipinski definition) is 0. The summed E-state index contributed by atoms with van der Waals surface area (Å²) in [7, 11) is 0. The predicted molar refractivity (Wildman–Crippen MR) is 124 cm³/mol. The zero-order valence-electron chi connectivity index (χ0n) is 19.9. The van der Waals surface area contributed by atoms with Crippen LogP contribution >= 0.6 is 0 Å². The Morgan fingerprint density at radius 1 is 0.643 bits per heavy atom. The van der Waals surface area contributed by atoms with Crippen LogP contribution in [0.1, 0.15) is 119 Å². The molecule has 4 aliphatic rings. The monoisotopic (exact) mass is 384 g/mol. The Morgan fingerprint density at radius 2 is 1.36 bits per heavy atom. The Kier molecular flexibility index (Phi) is 7.20. The molecule has 0 amide bonds. The Hall–Kier alpha value is -0.520. The van der Waals surface area contributed by atoms with Crippen LogP contribution in [0.4, 0.5) is 0 Å². The predicted octanol–water partition coefficient (Wildman–Crippen LogP) is 9.12. The Morgan fingerprint density at radius 3 is 2.07 bits per heavy atom. The van der Waals surface area contributed by atoms with Gasteiger partial charge in [-0.25, -0.2) is 0 Å². The smallest absolute Gasteiger partial charge is 0.0185 e. The Labute approximate surface area is 176 Å². The van der Waals surface area contributed by atoms with Gasteiger partial charge in [0.1, 0.15) is 0 Å². The largest absolute Gasteiger partial charge is 0.0848 e. The lowest BCUT2D eigenvalue weighted by molar-refractivity contribution is 0.222. The molecule has 0 aliphatic heterocycles. The molecular weight excluding hydrogens is 336 g/mol. The second-order valence-electron chi connectivity index (χ2n) is 12.5. The Balaban J connectivity index is 0.000000161. The molecule has 0 radical (unpaired) electrons. The maximum Gasteiger partial charge on any atom is -0.0185 e. The van der Waals surface area contributed by atoms with E-state index in [1.54, 1.807) is 0 Å². The molecule has 1 fully saturated rings. The van der Waals surface area contributed by atoms with Crippen molar-refractivity contribution in [3.05, 3.63) is 23.3 Å². The fraction of sp³-hybridized carbons (Fsp3) is 0.857. The average molecular weight is 385 g/mol. The van der Waals surface area contributed by atoms with Gasteiger partial charge in [-0.2, -0.15) is 0 Å². The van der Waals surface area contributed by atoms with E-state index in [1.165, 1.54) is 77.0 Å². The van der Waals surface area contributed by atoms with Crippen LogP contribution in [0, 0.1) is 34.5 Å². The van der Waals surface area contributed by atoms with Crippen LogP contribution in [0.15, 0.2) is 23.3 Å². The number of rotatable bonds is 0. The summed E-state index contributed by atoms with van der Waals surface area (Å²) in [5, 5.41) is 0. The third-order valence-electron chi connectivity index (χ3n) is 8.48. The van der Waals surface area contributed by atoms with Gasteiger partial charge in [0.25, 0.3) is 0 Å². The summed E-state index contributed by atoms with van der Waals surface area (Å²) in [6, 6.07) is 0. The van der Waals surface area contributed by atoms with Crippen molar-refractivity contribution in [3.8, 4) is 0 Å². The standard InChI is InChI=1S/2C14H24/c1-14(2,3)13-9-5-7-11-6-4-8-12(11)10-13;1-14(2,3)13-9-7-11-5-4-6-12(11)8-10-13/h13H,4-10H2,1-3H3;7,9,11-13H,4-6,8,10H2,1-3H3. The summed E-state index contributed by atoms with van der Waals surface area (Å²) in [6.07, 6.45) is 22.4. The lowest BCUT2D eigenvalue weighted by Gasteiger charge is -2.30. The van der Waals surface area contributed by atoms with Crippen molar-refractivity contribution in [3.63, 3.8) is 0 Å². The first-order chi connectivity index (χ1) is 13.1. The third-order valence-corrected chi connectivity index (χ3v) is 8.48. The van der Waals surface area contributed by atoms with Gasteiger partial charge < -0.3 is 0 Å². The van der Waals surface area contributed by atoms with Crippen LogP contribution in [0.3, 0.4) is 0 Å². The molecule has 160 valence electrons. The highest BCUT2D eigenvalue weighted by molar-refractivity contribution is 5.21. The van der Waals surface area contributed by atoms with Crippen molar-refractivity contribution in [2.24, 2.45) is 34.5 Å². The van der Waals surface area contributed by atoms with E-state index in [2.05, 4.69) is 53.7 Å². The van der Waals surface area contributed by atoms with Gasteiger partial charge in [0, 0.05) is 0 Å². The lowest BCUT2D eigenvalue weighted by Crippen LogP contribution is -2.20. The van der Waals surface area contributed by atoms with Gasteiger partial charge in [-0.15, -0.1) is 0 Å². The molecule has 0 N–H and O–H groups in total. The molecule has 4 aliphatic carbocycles. The van der Waals surface area contributed by atoms with Gasteiger partial charge in [-0.3, -0.25) is 0 Å². The van der Waals surface area contributed by atoms with Crippen molar-refractivity contribution >= 4 is 0 Å². The highest BCUT2D eigenvalue weighted by atomic mass is 14.4. The molecule has 4 rings (SSSR count). The van der Waals surface area contributed by atoms with Crippen molar-refractivity contribution in [2.75, 3.05) is 0 Å². The lowest BCUT2D eigenvalue weighted by atomic mass is 9.75. The SMILES string of the molecule is CC(C)(C)C1C=CC2CCCC2CC1.CC(C)(C)C1CCCC2=C(CCC2)C1. The topological polar surface area (TPSA) is 0 Å². The second-order valence-corrected chi connectivity index (χ2v) is 12.5. The molecule has 4 unspecified atom stereocenters. The second kappa shape index (κ2) is 9.09. The maximum absolute atomic E-state index is 2.54. The minimum Gasteiger partial charge on any atom is -0.0848 e. The highest BCUT2D eigenvalue weighted by Crippen LogP contribution is 2.44. The summed E-state index contributed by atoms with van der Waals surface area (Å²) in [6.45, 7) is 14.4. The molecule has 0 aromatic carbocycles. The number of hydrogen-bond donors (Lipinski definition) is 0. The summed E-state index contributed by atoms with van der Waals surface area (Å²) in [5.41, 5.74) is 4.68. The van der Waals surface area contributed by atoms with Crippen LogP contribution in [-0.2, 0) is 0 Å². The fourth-order valence-electron chi connectivity index (χ4n) is 6.28. The van der Waals surface area contributed by atoms with E-state index in [4.69, 9.17) is 0 Å². The van der Waals surface area contributed by atoms with E-state index < -0.39 is 0 Å². The minimum absolute atomic E-state index is 0.467. The first-order valence-electron chi connectivity index (χ1n) is 12.5. The van der Waals surface area contributed by atoms with E-state index in [-0.39, 0.29) is 0 Å². The zero-order chi connectivity index (χ0) is 20.4. The van der Waals surface area contributed by atoms with Crippen LogP contribution in [-0.4, -0.2) is 0 Å². The van der Waals surface area contributed by atoms with Gasteiger partial charge in [-0.05, 0) is 105 Å². The molecule has 0 bridgehead atoms. The van der Waals surface area contributed by atoms with Crippen molar-refractivity contribution in [1.82, 2.24) is 0 Å². The van der Waals surface area contributed by atoms with E-state index in [0.717, 1.165) is 23.7 Å². The maximum atomic E-state index is 2.54. The molecule has 4 atom stereocenters. The summed E-state index contributed by atoms with van der Waals surface area (Å²) >= 11 is 0. The number of allylic oxidation sites excluding steroid dienone is 4. The van der Waals surface area contributed by atoms with Crippen LogP contribution < -0.4 is 0 Å². The molecule has 0 nitrogen and oxygen atoms in total. The molecule has 0 saturated heterocycles. The van der Waals surface area contributed by atoms with Crippen LogP contribution in [0.25, 0.3) is 0 Å². The summed E-state index contributed by atoms with van der Waals surface area (Å²) in [4.78, 5) is 0. The Bertz CT molecular complexity index is 562. The highest BCUT2D eigenvalue weighted by Gasteiger charge is 2.31. The van der Waals surface area contributed by atoms with Crippen molar-refractivity contribution in [2.45, 2.75) is 119 Å². The van der Waals surface area contributed by atoms with Crippen molar-refractivity contribution < 1.29 is 0 Å². The van der Waals surface area contributed by atoms with Gasteiger partial charge in [0.15, 0.2) is 0 Å². The van der Waals surface area contributed by atoms with Gasteiger partial charge in [0.2, 0.25) is 0 Å². The molecule has 28 heavy (non-hydrogen) atoms. The molecule has 0 aromatic rings. The normalized spacial score (nSPS) is 33.5. The van der Waals surface area contributed by atoms with Gasteiger partial charge in [0.05, 0.1) is 0 Å². The first kappa shape index (κ1) is 22.2. The molecule has 0 heteroatoms. The van der Waals surface area contributed by atoms with E-state index in [0.29, 0.717) is 10.8 Å². The van der Waals surface area contributed by atoms with Crippen LogP contribution in [0.2, 0.25) is 0 Å². The summed E-state index contributed by atoms with van der Waals surface area (Å²) in [5.74, 6) is 3.71. The molecule has 0 heterocycles.